The predicted molar refractivity (Wildman–Crippen MR) is 377 cm³/mol. The average molecular weight is 1170 g/mol. The van der Waals surface area contributed by atoms with E-state index in [1.807, 2.05) is 56.7 Å². The lowest BCUT2D eigenvalue weighted by molar-refractivity contribution is 1.30. The summed E-state index contributed by atoms with van der Waals surface area (Å²) in [7, 11) is 0. The zero-order valence-corrected chi connectivity index (χ0v) is 49.6. The van der Waals surface area contributed by atoms with Gasteiger partial charge in [0.25, 0.3) is 0 Å². The molecule has 0 amide bonds. The lowest BCUT2D eigenvalue weighted by atomic mass is 9.96. The summed E-state index contributed by atoms with van der Waals surface area (Å²) in [4.78, 5) is 5.05. The molecule has 0 radical (unpaired) electrons. The first-order valence-electron chi connectivity index (χ1n) is 28.6. The van der Waals surface area contributed by atoms with Gasteiger partial charge in [0, 0.05) is 123 Å². The van der Waals surface area contributed by atoms with Crippen molar-refractivity contribution >= 4 is 192 Å². The van der Waals surface area contributed by atoms with Crippen LogP contribution in [-0.4, -0.2) is 0 Å². The quantitative estimate of drug-likeness (QED) is 0.142. The third-order valence-electron chi connectivity index (χ3n) is 17.0. The SMILES string of the molecule is c1ccc(N(c2cccc(-c3cccc4c3sc3ccccc34)c2)c2cccc3sc4cccc(N(c5ccccc5)c5ccc6c(sc7c(-c8ccc9sc%10ccccc%10c9c8)cccc76)c5-c5ccc6c(c5)sc5ccccc56)c4c23)cc1. The molecular formula is C78H46N2S5. The van der Waals surface area contributed by atoms with Crippen molar-refractivity contribution in [3.63, 3.8) is 0 Å². The average Bonchev–Trinajstić information content (AvgIpc) is 2.28. The van der Waals surface area contributed by atoms with Gasteiger partial charge in [-0.1, -0.05) is 176 Å². The normalized spacial score (nSPS) is 12.0. The number of fused-ring (bicyclic) bond motifs is 15. The van der Waals surface area contributed by atoms with Gasteiger partial charge in [0.05, 0.1) is 17.1 Å². The topological polar surface area (TPSA) is 6.48 Å². The molecule has 85 heavy (non-hydrogen) atoms. The maximum absolute atomic E-state index is 2.56. The summed E-state index contributed by atoms with van der Waals surface area (Å²) in [6, 6.07) is 104. The lowest BCUT2D eigenvalue weighted by Gasteiger charge is -2.30. The second-order valence-corrected chi connectivity index (χ2v) is 27.1. The van der Waals surface area contributed by atoms with Crippen molar-refractivity contribution in [1.29, 1.82) is 0 Å². The van der Waals surface area contributed by atoms with Crippen LogP contribution >= 0.6 is 56.7 Å². The Bertz CT molecular complexity index is 5700. The molecule has 0 unspecified atom stereocenters. The molecule has 5 heterocycles. The van der Waals surface area contributed by atoms with Gasteiger partial charge in [-0.05, 0) is 131 Å². The van der Waals surface area contributed by atoms with Crippen molar-refractivity contribution in [1.82, 2.24) is 0 Å². The molecular weight excluding hydrogens is 1130 g/mol. The third kappa shape index (κ3) is 7.78. The van der Waals surface area contributed by atoms with Gasteiger partial charge in [-0.3, -0.25) is 0 Å². The van der Waals surface area contributed by atoms with Gasteiger partial charge < -0.3 is 9.80 Å². The van der Waals surface area contributed by atoms with E-state index >= 15 is 0 Å². The molecule has 18 rings (SSSR count). The molecule has 0 aliphatic heterocycles. The third-order valence-corrected chi connectivity index (χ3v) is 22.9. The number of hydrogen-bond acceptors (Lipinski definition) is 7. The highest BCUT2D eigenvalue weighted by Gasteiger charge is 2.28. The van der Waals surface area contributed by atoms with Crippen LogP contribution in [0, 0.1) is 0 Å². The van der Waals surface area contributed by atoms with Crippen LogP contribution in [0.2, 0.25) is 0 Å². The second kappa shape index (κ2) is 19.6. The van der Waals surface area contributed by atoms with Crippen LogP contribution in [0.4, 0.5) is 34.1 Å². The molecule has 7 heteroatoms. The van der Waals surface area contributed by atoms with Gasteiger partial charge in [0.2, 0.25) is 0 Å². The Labute approximate surface area is 509 Å². The molecule has 0 spiro atoms. The molecule has 0 bridgehead atoms. The molecule has 0 saturated heterocycles. The Morgan fingerprint density at radius 2 is 0.659 bits per heavy atom. The van der Waals surface area contributed by atoms with E-state index in [-0.39, 0.29) is 0 Å². The first-order chi connectivity index (χ1) is 42.1. The first kappa shape index (κ1) is 49.0. The number of thiophene rings is 5. The van der Waals surface area contributed by atoms with Crippen LogP contribution in [0.15, 0.2) is 279 Å². The summed E-state index contributed by atoms with van der Waals surface area (Å²) >= 11 is 9.44. The van der Waals surface area contributed by atoms with Crippen molar-refractivity contribution < 1.29 is 0 Å². The molecule has 5 aromatic heterocycles. The maximum Gasteiger partial charge on any atom is 0.0555 e. The lowest BCUT2D eigenvalue weighted by Crippen LogP contribution is -2.12. The smallest absolute Gasteiger partial charge is 0.0555 e. The van der Waals surface area contributed by atoms with E-state index in [1.54, 1.807) is 0 Å². The van der Waals surface area contributed by atoms with Crippen LogP contribution in [0.3, 0.4) is 0 Å². The van der Waals surface area contributed by atoms with E-state index in [0.29, 0.717) is 0 Å². The highest BCUT2D eigenvalue weighted by Crippen LogP contribution is 2.55. The van der Waals surface area contributed by atoms with Gasteiger partial charge in [-0.15, -0.1) is 56.7 Å². The summed E-state index contributed by atoms with van der Waals surface area (Å²) in [5.74, 6) is 0. The number of rotatable bonds is 9. The van der Waals surface area contributed by atoms with Crippen LogP contribution < -0.4 is 9.80 Å². The zero-order valence-electron chi connectivity index (χ0n) is 45.5. The van der Waals surface area contributed by atoms with Crippen molar-refractivity contribution in [2.45, 2.75) is 0 Å². The minimum Gasteiger partial charge on any atom is -0.310 e. The summed E-state index contributed by atoms with van der Waals surface area (Å²) in [6.07, 6.45) is 0. The summed E-state index contributed by atoms with van der Waals surface area (Å²) in [5.41, 5.74) is 14.0. The number of benzene rings is 13. The highest BCUT2D eigenvalue weighted by atomic mass is 32.1. The fraction of sp³-hybridized carbons (Fsp3) is 0. The van der Waals surface area contributed by atoms with E-state index in [4.69, 9.17) is 0 Å². The van der Waals surface area contributed by atoms with Gasteiger partial charge in [-0.25, -0.2) is 0 Å². The summed E-state index contributed by atoms with van der Waals surface area (Å²) in [5, 5.41) is 12.8. The minimum absolute atomic E-state index is 1.09. The molecule has 0 aliphatic rings. The number of anilines is 6. The Kier molecular flexibility index (Phi) is 11.3. The van der Waals surface area contributed by atoms with Crippen LogP contribution in [-0.2, 0) is 0 Å². The molecule has 0 N–H and O–H groups in total. The van der Waals surface area contributed by atoms with Gasteiger partial charge in [0.15, 0.2) is 0 Å². The Balaban J connectivity index is 0.883. The van der Waals surface area contributed by atoms with Crippen LogP contribution in [0.5, 0.6) is 0 Å². The van der Waals surface area contributed by atoms with E-state index < -0.39 is 0 Å². The van der Waals surface area contributed by atoms with E-state index in [1.165, 1.54) is 134 Å². The summed E-state index contributed by atoms with van der Waals surface area (Å²) < 4.78 is 12.9. The van der Waals surface area contributed by atoms with E-state index in [9.17, 15) is 0 Å². The molecule has 0 fully saturated rings. The number of hydrogen-bond donors (Lipinski definition) is 0. The molecule has 398 valence electrons. The molecule has 13 aromatic carbocycles. The zero-order chi connectivity index (χ0) is 55.7. The van der Waals surface area contributed by atoms with Crippen LogP contribution in [0.25, 0.3) is 134 Å². The monoisotopic (exact) mass is 1170 g/mol. The second-order valence-electron chi connectivity index (χ2n) is 21.8. The largest absolute Gasteiger partial charge is 0.310 e. The minimum atomic E-state index is 1.09. The fourth-order valence-electron chi connectivity index (χ4n) is 13.3. The van der Waals surface area contributed by atoms with E-state index in [2.05, 4.69) is 289 Å². The maximum atomic E-state index is 2.56. The summed E-state index contributed by atoms with van der Waals surface area (Å²) in [6.45, 7) is 0. The molecule has 0 aliphatic carbocycles. The van der Waals surface area contributed by atoms with Gasteiger partial charge in [0.1, 0.15) is 0 Å². The Hall–Kier alpha value is -9.44. The van der Waals surface area contributed by atoms with Crippen molar-refractivity contribution in [3.8, 4) is 33.4 Å². The number of nitrogens with zero attached hydrogens (tertiary/aromatic N) is 2. The number of para-hydroxylation sites is 2. The first-order valence-corrected chi connectivity index (χ1v) is 32.7. The Morgan fingerprint density at radius 3 is 1.36 bits per heavy atom. The fourth-order valence-corrected chi connectivity index (χ4v) is 19.3. The molecule has 18 aromatic rings. The van der Waals surface area contributed by atoms with Gasteiger partial charge >= 0.3 is 0 Å². The molecule has 2 nitrogen and oxygen atoms in total. The molecule has 0 saturated carbocycles. The van der Waals surface area contributed by atoms with Crippen LogP contribution in [0.1, 0.15) is 0 Å². The van der Waals surface area contributed by atoms with E-state index in [0.717, 1.165) is 34.1 Å². The standard InChI is InChI=1S/C78H46N2S5/c1-3-19-50(20-4-1)79(52-23-13-18-47(44-52)53-27-14-29-59-56-25-8-12-35-68(56)84-76(53)59)63-31-16-36-70-74(63)75-64(32-17-37-71(75)83-70)80(51-21-5-2-6-22-51)65-42-41-61-60-30-15-28-54(48-39-43-69-62(45-48)57-26-9-11-34-67(57)81-69)77(60)85-78(61)73(65)49-38-40-58-55-24-7-10-33-66(55)82-72(58)46-49/h1-46H. The Morgan fingerprint density at radius 1 is 0.212 bits per heavy atom. The van der Waals surface area contributed by atoms with Crippen molar-refractivity contribution in [3.05, 3.63) is 279 Å². The van der Waals surface area contributed by atoms with Crippen molar-refractivity contribution in [2.24, 2.45) is 0 Å². The molecule has 0 atom stereocenters. The predicted octanol–water partition coefficient (Wildman–Crippen LogP) is 25.5. The van der Waals surface area contributed by atoms with Gasteiger partial charge in [-0.2, -0.15) is 0 Å². The van der Waals surface area contributed by atoms with Crippen molar-refractivity contribution in [2.75, 3.05) is 9.80 Å². The highest BCUT2D eigenvalue weighted by molar-refractivity contribution is 7.28.